The highest BCUT2D eigenvalue weighted by Crippen LogP contribution is 2.20. The Balaban J connectivity index is 2.48. The predicted octanol–water partition coefficient (Wildman–Crippen LogP) is 2.00. The molecule has 0 spiro atoms. The third-order valence-corrected chi connectivity index (χ3v) is 2.76. The molecule has 0 aliphatic heterocycles. The van der Waals surface area contributed by atoms with E-state index >= 15 is 0 Å². The van der Waals surface area contributed by atoms with Crippen LogP contribution in [-0.2, 0) is 19.1 Å². The molecule has 0 heterocycles. The van der Waals surface area contributed by atoms with Crippen molar-refractivity contribution >= 4 is 18.0 Å². The van der Waals surface area contributed by atoms with Crippen LogP contribution in [0.15, 0.2) is 30.3 Å². The highest BCUT2D eigenvalue weighted by Gasteiger charge is 2.21. The highest BCUT2D eigenvalue weighted by atomic mass is 16.6. The topological polar surface area (TPSA) is 81.7 Å². The van der Waals surface area contributed by atoms with E-state index in [0.29, 0.717) is 6.42 Å². The maximum Gasteiger partial charge on any atom is 0.413 e. The molecule has 0 saturated carbocycles. The van der Waals surface area contributed by atoms with Gasteiger partial charge in [-0.3, -0.25) is 14.9 Å². The fraction of sp³-hybridized carbons (Fsp3) is 0.400. The van der Waals surface area contributed by atoms with Crippen LogP contribution in [0.5, 0.6) is 0 Å². The molecule has 0 aliphatic rings. The van der Waals surface area contributed by atoms with E-state index in [1.807, 2.05) is 42.6 Å². The lowest BCUT2D eigenvalue weighted by molar-refractivity contribution is -0.150. The zero-order valence-electron chi connectivity index (χ0n) is 12.1. The molecule has 1 atom stereocenters. The SMILES string of the molecule is CCOC(=O)NC(=O)COC(=O)[C@H](CC)c1ccccc1. The first-order valence-corrected chi connectivity index (χ1v) is 6.76. The molecule has 0 bridgehead atoms. The number of nitrogens with one attached hydrogen (secondary N) is 1. The third kappa shape index (κ3) is 5.64. The number of carbonyl (C=O) groups is 3. The zero-order chi connectivity index (χ0) is 15.7. The standard InChI is InChI=1S/C15H19NO5/c1-3-12(11-8-6-5-7-9-11)14(18)21-10-13(17)16-15(19)20-4-2/h5-9,12H,3-4,10H2,1-2H3,(H,16,17,19)/t12-/m1/s1. The predicted molar refractivity (Wildman–Crippen MR) is 75.6 cm³/mol. The Kier molecular flexibility index (Phi) is 6.94. The lowest BCUT2D eigenvalue weighted by Crippen LogP contribution is -2.35. The van der Waals surface area contributed by atoms with Gasteiger partial charge in [0.2, 0.25) is 0 Å². The van der Waals surface area contributed by atoms with Crippen molar-refractivity contribution in [1.82, 2.24) is 5.32 Å². The number of hydrogen-bond donors (Lipinski definition) is 1. The van der Waals surface area contributed by atoms with E-state index in [-0.39, 0.29) is 6.61 Å². The number of ether oxygens (including phenoxy) is 2. The van der Waals surface area contributed by atoms with E-state index in [1.54, 1.807) is 6.92 Å². The van der Waals surface area contributed by atoms with Crippen LogP contribution in [0.2, 0.25) is 0 Å². The molecule has 0 fully saturated rings. The molecule has 6 heteroatoms. The Morgan fingerprint density at radius 2 is 1.76 bits per heavy atom. The van der Waals surface area contributed by atoms with Crippen LogP contribution in [0.3, 0.4) is 0 Å². The smallest absolute Gasteiger partial charge is 0.413 e. The number of rotatable bonds is 6. The van der Waals surface area contributed by atoms with Crippen LogP contribution in [0, 0.1) is 0 Å². The minimum absolute atomic E-state index is 0.158. The number of hydrogen-bond acceptors (Lipinski definition) is 5. The average Bonchev–Trinajstić information content (AvgIpc) is 2.47. The molecule has 2 amide bonds. The molecule has 1 aromatic carbocycles. The van der Waals surface area contributed by atoms with Crippen LogP contribution >= 0.6 is 0 Å². The van der Waals surface area contributed by atoms with Crippen LogP contribution in [-0.4, -0.2) is 31.2 Å². The van der Waals surface area contributed by atoms with Crippen molar-refractivity contribution in [2.75, 3.05) is 13.2 Å². The summed E-state index contributed by atoms with van der Waals surface area (Å²) in [6.45, 7) is 3.12. The Morgan fingerprint density at radius 1 is 1.10 bits per heavy atom. The first kappa shape index (κ1) is 16.7. The van der Waals surface area contributed by atoms with E-state index < -0.39 is 30.5 Å². The summed E-state index contributed by atoms with van der Waals surface area (Å²) in [4.78, 5) is 34.4. The van der Waals surface area contributed by atoms with Crippen LogP contribution in [0.4, 0.5) is 4.79 Å². The molecule has 21 heavy (non-hydrogen) atoms. The summed E-state index contributed by atoms with van der Waals surface area (Å²) in [6, 6.07) is 9.17. The Bertz CT molecular complexity index is 486. The maximum absolute atomic E-state index is 12.0. The van der Waals surface area contributed by atoms with Gasteiger partial charge >= 0.3 is 12.1 Å². The van der Waals surface area contributed by atoms with Gasteiger partial charge in [0.25, 0.3) is 5.91 Å². The van der Waals surface area contributed by atoms with E-state index in [0.717, 1.165) is 5.56 Å². The van der Waals surface area contributed by atoms with Gasteiger partial charge in [0.1, 0.15) is 0 Å². The summed E-state index contributed by atoms with van der Waals surface area (Å²) < 4.78 is 9.48. The van der Waals surface area contributed by atoms with Gasteiger partial charge in [0.15, 0.2) is 6.61 Å². The summed E-state index contributed by atoms with van der Waals surface area (Å²) >= 11 is 0. The molecular weight excluding hydrogens is 274 g/mol. The Labute approximate surface area is 123 Å². The van der Waals surface area contributed by atoms with Crippen molar-refractivity contribution in [3.05, 3.63) is 35.9 Å². The van der Waals surface area contributed by atoms with Gasteiger partial charge in [-0.15, -0.1) is 0 Å². The number of esters is 1. The second-order valence-corrected chi connectivity index (χ2v) is 4.25. The Morgan fingerprint density at radius 3 is 2.33 bits per heavy atom. The molecule has 0 unspecified atom stereocenters. The summed E-state index contributed by atoms with van der Waals surface area (Å²) in [6.07, 6.45) is -0.295. The van der Waals surface area contributed by atoms with Gasteiger partial charge in [-0.2, -0.15) is 0 Å². The van der Waals surface area contributed by atoms with Crippen molar-refractivity contribution in [3.8, 4) is 0 Å². The van der Waals surface area contributed by atoms with Crippen molar-refractivity contribution < 1.29 is 23.9 Å². The molecule has 1 rings (SSSR count). The zero-order valence-corrected chi connectivity index (χ0v) is 12.1. The lowest BCUT2D eigenvalue weighted by Gasteiger charge is -2.14. The van der Waals surface area contributed by atoms with Gasteiger partial charge < -0.3 is 9.47 Å². The second-order valence-electron chi connectivity index (χ2n) is 4.25. The monoisotopic (exact) mass is 293 g/mol. The quantitative estimate of drug-likeness (QED) is 0.811. The summed E-state index contributed by atoms with van der Waals surface area (Å²) in [5, 5.41) is 1.96. The normalized spacial score (nSPS) is 11.3. The fourth-order valence-corrected chi connectivity index (χ4v) is 1.78. The number of amides is 2. The van der Waals surface area contributed by atoms with Crippen molar-refractivity contribution in [2.45, 2.75) is 26.2 Å². The van der Waals surface area contributed by atoms with E-state index in [1.165, 1.54) is 0 Å². The third-order valence-electron chi connectivity index (χ3n) is 2.76. The second kappa shape index (κ2) is 8.73. The van der Waals surface area contributed by atoms with Gasteiger partial charge in [-0.05, 0) is 18.9 Å². The molecule has 1 N–H and O–H groups in total. The molecule has 1 aromatic rings. The van der Waals surface area contributed by atoms with E-state index in [9.17, 15) is 14.4 Å². The number of imide groups is 1. The van der Waals surface area contributed by atoms with E-state index in [4.69, 9.17) is 4.74 Å². The summed E-state index contributed by atoms with van der Waals surface area (Å²) in [5.74, 6) is -1.64. The summed E-state index contributed by atoms with van der Waals surface area (Å²) in [7, 11) is 0. The highest BCUT2D eigenvalue weighted by molar-refractivity contribution is 5.93. The molecule has 0 radical (unpaired) electrons. The van der Waals surface area contributed by atoms with Crippen molar-refractivity contribution in [1.29, 1.82) is 0 Å². The van der Waals surface area contributed by atoms with Gasteiger partial charge in [-0.25, -0.2) is 4.79 Å². The molecule has 0 saturated heterocycles. The largest absolute Gasteiger partial charge is 0.455 e. The van der Waals surface area contributed by atoms with Gasteiger partial charge in [0.05, 0.1) is 12.5 Å². The molecule has 0 aliphatic carbocycles. The fourth-order valence-electron chi connectivity index (χ4n) is 1.78. The Hall–Kier alpha value is -2.37. The average molecular weight is 293 g/mol. The molecule has 114 valence electrons. The first-order chi connectivity index (χ1) is 10.1. The van der Waals surface area contributed by atoms with Crippen LogP contribution in [0.1, 0.15) is 31.7 Å². The van der Waals surface area contributed by atoms with Crippen LogP contribution < -0.4 is 5.32 Å². The first-order valence-electron chi connectivity index (χ1n) is 6.76. The number of alkyl carbamates (subject to hydrolysis) is 1. The molecule has 0 aromatic heterocycles. The molecular formula is C15H19NO5. The maximum atomic E-state index is 12.0. The molecule has 6 nitrogen and oxygen atoms in total. The minimum Gasteiger partial charge on any atom is -0.455 e. The van der Waals surface area contributed by atoms with Crippen molar-refractivity contribution in [2.24, 2.45) is 0 Å². The number of carbonyl (C=O) groups excluding carboxylic acids is 3. The lowest BCUT2D eigenvalue weighted by atomic mass is 9.97. The van der Waals surface area contributed by atoms with Crippen molar-refractivity contribution in [3.63, 3.8) is 0 Å². The van der Waals surface area contributed by atoms with E-state index in [2.05, 4.69) is 4.74 Å². The van der Waals surface area contributed by atoms with Gasteiger partial charge in [0, 0.05) is 0 Å². The minimum atomic E-state index is -0.853. The summed E-state index contributed by atoms with van der Waals surface area (Å²) in [5.41, 5.74) is 0.829. The number of benzene rings is 1. The van der Waals surface area contributed by atoms with Gasteiger partial charge in [-0.1, -0.05) is 37.3 Å². The van der Waals surface area contributed by atoms with Crippen LogP contribution in [0.25, 0.3) is 0 Å².